The minimum Gasteiger partial charge on any atom is -0.372 e. The van der Waals surface area contributed by atoms with Crippen LogP contribution in [0.4, 0.5) is 0 Å². The first-order valence-electron chi connectivity index (χ1n) is 4.85. The molecule has 0 radical (unpaired) electrons. The first-order valence-corrected chi connectivity index (χ1v) is 5.23. The lowest BCUT2D eigenvalue weighted by molar-refractivity contribution is 0.0113. The number of nitrogens with two attached hydrogens (primary N) is 1. The third-order valence-corrected chi connectivity index (χ3v) is 3.12. The van der Waals surface area contributed by atoms with E-state index >= 15 is 0 Å². The van der Waals surface area contributed by atoms with Crippen molar-refractivity contribution in [3.63, 3.8) is 0 Å². The molecule has 2 aromatic heterocycles. The molecule has 2 aromatic rings. The summed E-state index contributed by atoms with van der Waals surface area (Å²) in [5, 5.41) is 1.16. The second-order valence-electron chi connectivity index (χ2n) is 3.73. The van der Waals surface area contributed by atoms with Crippen molar-refractivity contribution in [2.24, 2.45) is 5.73 Å². The van der Waals surface area contributed by atoms with Crippen LogP contribution in [0.2, 0.25) is 5.15 Å². The van der Waals surface area contributed by atoms with Gasteiger partial charge in [0.15, 0.2) is 0 Å². The van der Waals surface area contributed by atoms with E-state index < -0.39 is 5.60 Å². The number of nitrogens with zero attached hydrogens (tertiary/aromatic N) is 2. The van der Waals surface area contributed by atoms with Crippen LogP contribution in [0, 0.1) is 0 Å². The summed E-state index contributed by atoms with van der Waals surface area (Å²) in [6.45, 7) is 2.25. The van der Waals surface area contributed by atoms with Crippen LogP contribution in [-0.2, 0) is 10.3 Å². The van der Waals surface area contributed by atoms with E-state index in [1.165, 1.54) is 6.33 Å². The number of aromatic nitrogens is 3. The molecule has 0 aliphatic rings. The minimum absolute atomic E-state index is 0.349. The predicted octanol–water partition coefficient (Wildman–Crippen LogP) is 1.43. The Hall–Kier alpha value is -1.17. The molecule has 0 spiro atoms. The average molecular weight is 241 g/mol. The van der Waals surface area contributed by atoms with Gasteiger partial charge in [-0.1, -0.05) is 11.6 Å². The van der Waals surface area contributed by atoms with Gasteiger partial charge >= 0.3 is 0 Å². The molecule has 0 saturated heterocycles. The van der Waals surface area contributed by atoms with Crippen LogP contribution in [0.5, 0.6) is 0 Å². The summed E-state index contributed by atoms with van der Waals surface area (Å²) in [7, 11) is 1.61. The van der Waals surface area contributed by atoms with Gasteiger partial charge in [0.05, 0.1) is 5.39 Å². The summed E-state index contributed by atoms with van der Waals surface area (Å²) in [5.41, 5.74) is 6.70. The number of H-pyrrole nitrogens is 1. The molecule has 2 heterocycles. The van der Waals surface area contributed by atoms with Crippen molar-refractivity contribution >= 4 is 22.6 Å². The monoisotopic (exact) mass is 240 g/mol. The van der Waals surface area contributed by atoms with Gasteiger partial charge in [0.1, 0.15) is 22.7 Å². The maximum absolute atomic E-state index is 6.06. The fourth-order valence-electron chi connectivity index (χ4n) is 1.65. The molecule has 0 aliphatic carbocycles. The number of methoxy groups -OCH3 is 1. The van der Waals surface area contributed by atoms with Crippen LogP contribution >= 0.6 is 11.6 Å². The van der Waals surface area contributed by atoms with Crippen LogP contribution < -0.4 is 5.73 Å². The Labute approximate surface area is 98.0 Å². The number of nitrogens with one attached hydrogen (secondary N) is 1. The van der Waals surface area contributed by atoms with E-state index in [0.29, 0.717) is 17.3 Å². The topological polar surface area (TPSA) is 76.8 Å². The molecule has 0 bridgehead atoms. The van der Waals surface area contributed by atoms with Crippen LogP contribution in [0.25, 0.3) is 11.0 Å². The highest BCUT2D eigenvalue weighted by Gasteiger charge is 2.29. The number of hydrogen-bond donors (Lipinski definition) is 2. The molecular formula is C10H13ClN4O. The normalized spacial score (nSPS) is 15.2. The molecule has 0 aliphatic heterocycles. The first-order chi connectivity index (χ1) is 7.62. The molecule has 1 atom stereocenters. The SMILES string of the molecule is COC(C)(CN)c1c[nH]c2ncnc(Cl)c12. The van der Waals surface area contributed by atoms with Crippen LogP contribution in [0.3, 0.4) is 0 Å². The van der Waals surface area contributed by atoms with Gasteiger partial charge in [0.2, 0.25) is 0 Å². The number of ether oxygens (including phenoxy) is 1. The highest BCUT2D eigenvalue weighted by atomic mass is 35.5. The highest BCUT2D eigenvalue weighted by molar-refractivity contribution is 6.34. The Morgan fingerprint density at radius 1 is 1.56 bits per heavy atom. The molecule has 86 valence electrons. The molecule has 1 unspecified atom stereocenters. The van der Waals surface area contributed by atoms with Gasteiger partial charge in [-0.2, -0.15) is 0 Å². The van der Waals surface area contributed by atoms with Gasteiger partial charge in [0, 0.05) is 25.4 Å². The number of aromatic amines is 1. The maximum atomic E-state index is 6.06. The molecule has 0 fully saturated rings. The number of fused-ring (bicyclic) bond motifs is 1. The van der Waals surface area contributed by atoms with E-state index in [9.17, 15) is 0 Å². The molecule has 0 aromatic carbocycles. The van der Waals surface area contributed by atoms with E-state index in [0.717, 1.165) is 10.9 Å². The Kier molecular flexibility index (Phi) is 2.84. The number of rotatable bonds is 3. The van der Waals surface area contributed by atoms with Gasteiger partial charge in [-0.25, -0.2) is 9.97 Å². The molecule has 0 amide bonds. The number of halogens is 1. The Balaban J connectivity index is 2.70. The average Bonchev–Trinajstić information content (AvgIpc) is 2.74. The Bertz CT molecular complexity index is 506. The zero-order valence-corrected chi connectivity index (χ0v) is 9.88. The van der Waals surface area contributed by atoms with Crippen molar-refractivity contribution in [3.8, 4) is 0 Å². The standard InChI is InChI=1S/C10H13ClN4O/c1-10(4-12,16-2)6-3-13-9-7(6)8(11)14-5-15-9/h3,5H,4,12H2,1-2H3,(H,13,14,15). The zero-order chi connectivity index (χ0) is 11.8. The molecule has 6 heteroatoms. The lowest BCUT2D eigenvalue weighted by Crippen LogP contribution is -2.33. The Morgan fingerprint density at radius 3 is 2.94 bits per heavy atom. The third-order valence-electron chi connectivity index (χ3n) is 2.83. The van der Waals surface area contributed by atoms with E-state index in [1.807, 2.05) is 13.1 Å². The van der Waals surface area contributed by atoms with Gasteiger partial charge < -0.3 is 15.5 Å². The summed E-state index contributed by atoms with van der Waals surface area (Å²) < 4.78 is 5.44. The van der Waals surface area contributed by atoms with Crippen molar-refractivity contribution in [1.82, 2.24) is 15.0 Å². The highest BCUT2D eigenvalue weighted by Crippen LogP contribution is 2.32. The molecule has 16 heavy (non-hydrogen) atoms. The van der Waals surface area contributed by atoms with Crippen molar-refractivity contribution in [2.45, 2.75) is 12.5 Å². The van der Waals surface area contributed by atoms with Crippen LogP contribution in [0.15, 0.2) is 12.5 Å². The van der Waals surface area contributed by atoms with Crippen molar-refractivity contribution in [3.05, 3.63) is 23.2 Å². The van der Waals surface area contributed by atoms with Crippen molar-refractivity contribution < 1.29 is 4.74 Å². The van der Waals surface area contributed by atoms with E-state index in [1.54, 1.807) is 7.11 Å². The second kappa shape index (κ2) is 4.01. The van der Waals surface area contributed by atoms with Crippen molar-refractivity contribution in [2.75, 3.05) is 13.7 Å². The molecule has 3 N–H and O–H groups in total. The first kappa shape index (κ1) is 11.3. The molecule has 5 nitrogen and oxygen atoms in total. The summed E-state index contributed by atoms with van der Waals surface area (Å²) in [4.78, 5) is 11.1. The maximum Gasteiger partial charge on any atom is 0.142 e. The van der Waals surface area contributed by atoms with Gasteiger partial charge in [0.25, 0.3) is 0 Å². The smallest absolute Gasteiger partial charge is 0.142 e. The van der Waals surface area contributed by atoms with E-state index in [-0.39, 0.29) is 0 Å². The molecule has 0 saturated carbocycles. The Morgan fingerprint density at radius 2 is 2.31 bits per heavy atom. The fourth-order valence-corrected chi connectivity index (χ4v) is 1.88. The lowest BCUT2D eigenvalue weighted by atomic mass is 9.96. The van der Waals surface area contributed by atoms with Gasteiger partial charge in [-0.05, 0) is 6.92 Å². The quantitative estimate of drug-likeness (QED) is 0.796. The summed E-state index contributed by atoms with van der Waals surface area (Å²) in [5.74, 6) is 0. The summed E-state index contributed by atoms with van der Waals surface area (Å²) in [6.07, 6.45) is 3.22. The van der Waals surface area contributed by atoms with Gasteiger partial charge in [-0.15, -0.1) is 0 Å². The fraction of sp³-hybridized carbons (Fsp3) is 0.400. The lowest BCUT2D eigenvalue weighted by Gasteiger charge is -2.25. The largest absolute Gasteiger partial charge is 0.372 e. The minimum atomic E-state index is -0.591. The van der Waals surface area contributed by atoms with E-state index in [2.05, 4.69) is 15.0 Å². The third kappa shape index (κ3) is 1.57. The summed E-state index contributed by atoms with van der Waals surface area (Å²) >= 11 is 6.06. The van der Waals surface area contributed by atoms with Crippen LogP contribution in [0.1, 0.15) is 12.5 Å². The summed E-state index contributed by atoms with van der Waals surface area (Å²) in [6, 6.07) is 0. The second-order valence-corrected chi connectivity index (χ2v) is 4.09. The van der Waals surface area contributed by atoms with Crippen LogP contribution in [-0.4, -0.2) is 28.6 Å². The van der Waals surface area contributed by atoms with Crippen molar-refractivity contribution in [1.29, 1.82) is 0 Å². The van der Waals surface area contributed by atoms with Gasteiger partial charge in [-0.3, -0.25) is 0 Å². The zero-order valence-electron chi connectivity index (χ0n) is 9.12. The predicted molar refractivity (Wildman–Crippen MR) is 62.3 cm³/mol. The number of hydrogen-bond acceptors (Lipinski definition) is 4. The molecular weight excluding hydrogens is 228 g/mol. The van der Waals surface area contributed by atoms with E-state index in [4.69, 9.17) is 22.1 Å². The molecule has 2 rings (SSSR count).